The number of hydrogen-bond acceptors (Lipinski definition) is 6. The Morgan fingerprint density at radius 3 is 2.66 bits per heavy atom. The average molecular weight is 402 g/mol. The summed E-state index contributed by atoms with van der Waals surface area (Å²) in [5.74, 6) is -0.839. The van der Waals surface area contributed by atoms with Crippen LogP contribution in [0.3, 0.4) is 0 Å². The number of aliphatic hydroxyl groups excluding tert-OH is 2. The van der Waals surface area contributed by atoms with Gasteiger partial charge in [0.15, 0.2) is 11.4 Å². The highest BCUT2D eigenvalue weighted by molar-refractivity contribution is 6.01. The van der Waals surface area contributed by atoms with Crippen LogP contribution in [0.15, 0.2) is 23.8 Å². The molecule has 4 aliphatic rings. The standard InChI is InChI=1S/C23H30O6/c1-13(25)29-23(19(28)12-24)9-7-17-16-5-4-14-10-15(26)6-8-21(14,2)20(16)18(27)11-22(17,23)3/h6,8,10,16-18,20,24,27H,4-5,7,9,11-12H2,1-3H3/t16-,17-,18?,20+,21-,22-,23-/m0/s1. The van der Waals surface area contributed by atoms with Gasteiger partial charge in [0.25, 0.3) is 0 Å². The molecule has 6 nitrogen and oxygen atoms in total. The van der Waals surface area contributed by atoms with Gasteiger partial charge in [0.2, 0.25) is 5.78 Å². The zero-order chi connectivity index (χ0) is 21.2. The lowest BCUT2D eigenvalue weighted by atomic mass is 9.46. The monoisotopic (exact) mass is 402 g/mol. The maximum atomic E-state index is 12.9. The van der Waals surface area contributed by atoms with Crippen molar-refractivity contribution in [1.29, 1.82) is 0 Å². The van der Waals surface area contributed by atoms with E-state index < -0.39 is 35.5 Å². The number of carbonyl (C=O) groups is 3. The van der Waals surface area contributed by atoms with Gasteiger partial charge in [0.05, 0.1) is 6.10 Å². The number of Topliss-reactive ketones (excluding diaryl/α,β-unsaturated/α-hetero) is 1. The summed E-state index contributed by atoms with van der Waals surface area (Å²) in [7, 11) is 0. The average Bonchev–Trinajstić information content (AvgIpc) is 2.93. The van der Waals surface area contributed by atoms with Crippen LogP contribution >= 0.6 is 0 Å². The molecule has 0 aliphatic heterocycles. The third kappa shape index (κ3) is 2.65. The summed E-state index contributed by atoms with van der Waals surface area (Å²) in [6.07, 6.45) is 7.56. The van der Waals surface area contributed by atoms with Crippen molar-refractivity contribution in [2.24, 2.45) is 28.6 Å². The zero-order valence-corrected chi connectivity index (χ0v) is 17.3. The number of esters is 1. The molecule has 0 aromatic rings. The van der Waals surface area contributed by atoms with Gasteiger partial charge in [-0.2, -0.15) is 0 Å². The first-order valence-electron chi connectivity index (χ1n) is 10.5. The maximum Gasteiger partial charge on any atom is 0.303 e. The number of rotatable bonds is 3. The minimum Gasteiger partial charge on any atom is -0.451 e. The molecule has 4 rings (SSSR count). The third-order valence-corrected chi connectivity index (χ3v) is 8.53. The highest BCUT2D eigenvalue weighted by Gasteiger charge is 2.70. The zero-order valence-electron chi connectivity index (χ0n) is 17.3. The first-order valence-corrected chi connectivity index (χ1v) is 10.5. The topological polar surface area (TPSA) is 101 Å². The Morgan fingerprint density at radius 2 is 2.00 bits per heavy atom. The van der Waals surface area contributed by atoms with Crippen molar-refractivity contribution in [1.82, 2.24) is 0 Å². The summed E-state index contributed by atoms with van der Waals surface area (Å²) in [4.78, 5) is 36.7. The Balaban J connectivity index is 1.77. The van der Waals surface area contributed by atoms with Gasteiger partial charge in [0, 0.05) is 23.7 Å². The largest absolute Gasteiger partial charge is 0.451 e. The fraction of sp³-hybridized carbons (Fsp3) is 0.696. The second-order valence-electron chi connectivity index (χ2n) is 9.75. The smallest absolute Gasteiger partial charge is 0.303 e. The lowest BCUT2D eigenvalue weighted by molar-refractivity contribution is -0.198. The number of ketones is 2. The first-order chi connectivity index (χ1) is 13.6. The van der Waals surface area contributed by atoms with E-state index in [2.05, 4.69) is 6.92 Å². The van der Waals surface area contributed by atoms with Gasteiger partial charge in [0.1, 0.15) is 6.61 Å². The van der Waals surface area contributed by atoms with E-state index in [-0.39, 0.29) is 29.0 Å². The number of hydrogen-bond donors (Lipinski definition) is 2. The van der Waals surface area contributed by atoms with Crippen LogP contribution < -0.4 is 0 Å². The quantitative estimate of drug-likeness (QED) is 0.702. The molecule has 0 radical (unpaired) electrons. The normalized spacial score (nSPS) is 45.7. The Morgan fingerprint density at radius 1 is 1.28 bits per heavy atom. The van der Waals surface area contributed by atoms with Crippen molar-refractivity contribution in [3.8, 4) is 0 Å². The molecule has 7 atom stereocenters. The van der Waals surface area contributed by atoms with Crippen LogP contribution in [0.2, 0.25) is 0 Å². The van der Waals surface area contributed by atoms with Gasteiger partial charge < -0.3 is 14.9 Å². The molecule has 0 aromatic carbocycles. The van der Waals surface area contributed by atoms with Crippen LogP contribution in [-0.4, -0.2) is 46.1 Å². The maximum absolute atomic E-state index is 12.9. The van der Waals surface area contributed by atoms with Crippen LogP contribution in [0.4, 0.5) is 0 Å². The van der Waals surface area contributed by atoms with Gasteiger partial charge in [-0.3, -0.25) is 14.4 Å². The molecule has 158 valence electrons. The molecule has 6 heteroatoms. The molecular weight excluding hydrogens is 372 g/mol. The van der Waals surface area contributed by atoms with E-state index in [1.165, 1.54) is 6.92 Å². The summed E-state index contributed by atoms with van der Waals surface area (Å²) in [5.41, 5.74) is -1.43. The predicted molar refractivity (Wildman–Crippen MR) is 105 cm³/mol. The molecule has 0 heterocycles. The molecule has 0 amide bonds. The van der Waals surface area contributed by atoms with Gasteiger partial charge in [-0.15, -0.1) is 0 Å². The minimum atomic E-state index is -1.39. The van der Waals surface area contributed by atoms with E-state index in [4.69, 9.17) is 4.74 Å². The Kier molecular flexibility index (Phi) is 4.67. The molecule has 4 aliphatic carbocycles. The van der Waals surface area contributed by atoms with E-state index in [1.54, 1.807) is 12.2 Å². The van der Waals surface area contributed by atoms with E-state index in [1.807, 2.05) is 13.0 Å². The van der Waals surface area contributed by atoms with Gasteiger partial charge in [-0.1, -0.05) is 25.5 Å². The first kappa shape index (κ1) is 20.5. The van der Waals surface area contributed by atoms with Crippen molar-refractivity contribution in [3.63, 3.8) is 0 Å². The lowest BCUT2D eigenvalue weighted by Gasteiger charge is -2.59. The molecule has 0 bridgehead atoms. The number of aliphatic hydroxyl groups is 2. The lowest BCUT2D eigenvalue weighted by Crippen LogP contribution is -2.62. The van der Waals surface area contributed by atoms with Gasteiger partial charge in [-0.05, 0) is 56.1 Å². The molecule has 3 fully saturated rings. The molecule has 0 spiro atoms. The van der Waals surface area contributed by atoms with E-state index >= 15 is 0 Å². The van der Waals surface area contributed by atoms with E-state index in [9.17, 15) is 24.6 Å². The van der Waals surface area contributed by atoms with Crippen LogP contribution in [0.25, 0.3) is 0 Å². The van der Waals surface area contributed by atoms with Crippen LogP contribution in [0, 0.1) is 28.6 Å². The van der Waals surface area contributed by atoms with Crippen molar-refractivity contribution in [2.75, 3.05) is 6.61 Å². The molecule has 1 unspecified atom stereocenters. The fourth-order valence-electron chi connectivity index (χ4n) is 7.37. The highest BCUT2D eigenvalue weighted by Crippen LogP contribution is 2.67. The number of ether oxygens (including phenoxy) is 1. The van der Waals surface area contributed by atoms with Crippen molar-refractivity contribution in [2.45, 2.75) is 64.6 Å². The summed E-state index contributed by atoms with van der Waals surface area (Å²) >= 11 is 0. The molecule has 29 heavy (non-hydrogen) atoms. The van der Waals surface area contributed by atoms with E-state index in [0.29, 0.717) is 19.3 Å². The van der Waals surface area contributed by atoms with Gasteiger partial charge in [-0.25, -0.2) is 0 Å². The van der Waals surface area contributed by atoms with Crippen LogP contribution in [0.5, 0.6) is 0 Å². The molecule has 2 N–H and O–H groups in total. The molecule has 3 saturated carbocycles. The van der Waals surface area contributed by atoms with Crippen molar-refractivity contribution in [3.05, 3.63) is 23.8 Å². The summed E-state index contributed by atoms with van der Waals surface area (Å²) in [6.45, 7) is 4.63. The van der Waals surface area contributed by atoms with Crippen molar-refractivity contribution < 1.29 is 29.3 Å². The SMILES string of the molecule is CC(=O)O[C@]1(C(=O)CO)CC[C@H]2[C@@H]3CCC4=CC(=O)C=C[C@]4(C)[C@H]3C(O)C[C@@]21C. The number of allylic oxidation sites excluding steroid dienone is 4. The van der Waals surface area contributed by atoms with Crippen molar-refractivity contribution >= 4 is 17.5 Å². The predicted octanol–water partition coefficient (Wildman–Crippen LogP) is 2.13. The minimum absolute atomic E-state index is 0.00523. The third-order valence-electron chi connectivity index (χ3n) is 8.53. The summed E-state index contributed by atoms with van der Waals surface area (Å²) in [5, 5.41) is 21.0. The second kappa shape index (κ2) is 6.61. The number of fused-ring (bicyclic) bond motifs is 5. The van der Waals surface area contributed by atoms with Gasteiger partial charge >= 0.3 is 5.97 Å². The summed E-state index contributed by atoms with van der Waals surface area (Å²) < 4.78 is 5.67. The fourth-order valence-corrected chi connectivity index (χ4v) is 7.37. The molecular formula is C23H30O6. The Labute approximate surface area is 171 Å². The second-order valence-corrected chi connectivity index (χ2v) is 9.75. The highest BCUT2D eigenvalue weighted by atomic mass is 16.6. The summed E-state index contributed by atoms with van der Waals surface area (Å²) in [6, 6.07) is 0. The van der Waals surface area contributed by atoms with E-state index in [0.717, 1.165) is 18.4 Å². The Bertz CT molecular complexity index is 827. The molecule has 0 aromatic heterocycles. The van der Waals surface area contributed by atoms with Crippen LogP contribution in [-0.2, 0) is 19.1 Å². The van der Waals surface area contributed by atoms with Crippen LogP contribution in [0.1, 0.15) is 52.9 Å². The Hall–Kier alpha value is -1.79. The molecule has 0 saturated heterocycles. The number of carbonyl (C=O) groups excluding carboxylic acids is 3.